The van der Waals surface area contributed by atoms with E-state index in [1.54, 1.807) is 0 Å². The van der Waals surface area contributed by atoms with E-state index in [4.69, 9.17) is 4.74 Å². The maximum atomic E-state index is 13.0. The molecule has 0 radical (unpaired) electrons. The third kappa shape index (κ3) is 5.57. The fraction of sp³-hybridized carbons (Fsp3) is 0.680. The number of likely N-dealkylation sites (tertiary alicyclic amines) is 1. The Morgan fingerprint density at radius 2 is 1.88 bits per heavy atom. The number of nitrogens with one attached hydrogen (secondary N) is 3. The SMILES string of the molecule is CC(C)(C)OC(=O)N1CCC2(CC(Cc3ccc4[nH]c(=O)[nH]c4c3)C(NS(=O)C(C)(C)C)C2)C1. The van der Waals surface area contributed by atoms with Crippen LogP contribution in [0.2, 0.25) is 0 Å². The van der Waals surface area contributed by atoms with Crippen molar-refractivity contribution in [2.45, 2.75) is 83.6 Å². The highest BCUT2D eigenvalue weighted by Gasteiger charge is 2.50. The van der Waals surface area contributed by atoms with Crippen LogP contribution in [-0.4, -0.2) is 54.6 Å². The monoisotopic (exact) mass is 490 g/mol. The first-order chi connectivity index (χ1) is 15.7. The van der Waals surface area contributed by atoms with Gasteiger partial charge in [-0.3, -0.25) is 0 Å². The van der Waals surface area contributed by atoms with Crippen molar-refractivity contribution in [3.8, 4) is 0 Å². The minimum absolute atomic E-state index is 0.00613. The average Bonchev–Trinajstić information content (AvgIpc) is 3.36. The van der Waals surface area contributed by atoms with Crippen LogP contribution >= 0.6 is 0 Å². The van der Waals surface area contributed by atoms with E-state index in [2.05, 4.69) is 20.8 Å². The second kappa shape index (κ2) is 8.82. The summed E-state index contributed by atoms with van der Waals surface area (Å²) in [6.07, 6.45) is 3.32. The number of imidazole rings is 1. The lowest BCUT2D eigenvalue weighted by Crippen LogP contribution is -2.42. The molecule has 2 heterocycles. The second-order valence-corrected chi connectivity index (χ2v) is 14.1. The lowest BCUT2D eigenvalue weighted by molar-refractivity contribution is 0.0272. The molecule has 1 aliphatic carbocycles. The zero-order valence-corrected chi connectivity index (χ0v) is 21.9. The summed E-state index contributed by atoms with van der Waals surface area (Å²) in [5.74, 6) is 0.271. The number of carbonyl (C=O) groups excluding carboxylic acids is 1. The van der Waals surface area contributed by atoms with Gasteiger partial charge in [0.05, 0.1) is 26.8 Å². The zero-order valence-electron chi connectivity index (χ0n) is 21.1. The standard InChI is InChI=1S/C25H38N4O4S/c1-23(2,3)33-22(31)29-10-9-25(15-29)13-17(20(14-25)28-34(32)24(4,5)6)11-16-7-8-18-19(12-16)27-21(30)26-18/h7-8,12,17,20,28H,9-11,13-15H2,1-6H3,(H2,26,27,30). The zero-order chi connectivity index (χ0) is 24.9. The van der Waals surface area contributed by atoms with Crippen LogP contribution in [0, 0.1) is 11.3 Å². The predicted molar refractivity (Wildman–Crippen MR) is 135 cm³/mol. The summed E-state index contributed by atoms with van der Waals surface area (Å²) in [7, 11) is -1.18. The van der Waals surface area contributed by atoms with E-state index < -0.39 is 16.6 Å². The number of fused-ring (bicyclic) bond motifs is 1. The van der Waals surface area contributed by atoms with Crippen molar-refractivity contribution in [3.05, 3.63) is 34.2 Å². The Labute approximate surface area is 203 Å². The summed E-state index contributed by atoms with van der Waals surface area (Å²) in [5, 5.41) is 0. The van der Waals surface area contributed by atoms with Crippen LogP contribution in [0.25, 0.3) is 11.0 Å². The van der Waals surface area contributed by atoms with Crippen molar-refractivity contribution in [1.82, 2.24) is 19.6 Å². The van der Waals surface area contributed by atoms with E-state index >= 15 is 0 Å². The number of hydrogen-bond donors (Lipinski definition) is 3. The topological polar surface area (TPSA) is 107 Å². The van der Waals surface area contributed by atoms with Gasteiger partial charge in [-0.1, -0.05) is 6.07 Å². The van der Waals surface area contributed by atoms with Crippen molar-refractivity contribution < 1.29 is 13.7 Å². The molecule has 188 valence electrons. The molecule has 4 rings (SSSR count). The highest BCUT2D eigenvalue weighted by Crippen LogP contribution is 2.49. The molecule has 1 aromatic carbocycles. The van der Waals surface area contributed by atoms with Gasteiger partial charge in [-0.15, -0.1) is 0 Å². The number of aromatic nitrogens is 2. The molecule has 1 spiro atoms. The normalized spacial score (nSPS) is 26.5. The minimum Gasteiger partial charge on any atom is -0.444 e. The number of ether oxygens (including phenoxy) is 1. The molecule has 3 N–H and O–H groups in total. The van der Waals surface area contributed by atoms with Gasteiger partial charge in [0.1, 0.15) is 5.60 Å². The van der Waals surface area contributed by atoms with Gasteiger partial charge in [0.25, 0.3) is 0 Å². The lowest BCUT2D eigenvalue weighted by Gasteiger charge is -2.27. The summed E-state index contributed by atoms with van der Waals surface area (Å²) < 4.78 is 21.7. The van der Waals surface area contributed by atoms with Crippen molar-refractivity contribution in [3.63, 3.8) is 0 Å². The molecular formula is C25H38N4O4S. The summed E-state index contributed by atoms with van der Waals surface area (Å²) >= 11 is 0. The fourth-order valence-corrected chi connectivity index (χ4v) is 6.25. The molecule has 34 heavy (non-hydrogen) atoms. The average molecular weight is 491 g/mol. The predicted octanol–water partition coefficient (Wildman–Crippen LogP) is 3.86. The van der Waals surface area contributed by atoms with Gasteiger partial charge in [-0.25, -0.2) is 18.5 Å². The van der Waals surface area contributed by atoms with Crippen LogP contribution in [-0.2, 0) is 22.1 Å². The number of nitrogens with zero attached hydrogens (tertiary/aromatic N) is 1. The van der Waals surface area contributed by atoms with Gasteiger partial charge in [0, 0.05) is 19.1 Å². The summed E-state index contributed by atoms with van der Waals surface area (Å²) in [6.45, 7) is 13.0. The van der Waals surface area contributed by atoms with Gasteiger partial charge in [-0.2, -0.15) is 0 Å². The van der Waals surface area contributed by atoms with E-state index in [9.17, 15) is 13.8 Å². The summed E-state index contributed by atoms with van der Waals surface area (Å²) in [4.78, 5) is 31.8. The Morgan fingerprint density at radius 1 is 1.18 bits per heavy atom. The summed E-state index contributed by atoms with van der Waals surface area (Å²) in [6, 6.07) is 6.09. The number of benzene rings is 1. The molecule has 9 heteroatoms. The Hall–Kier alpha value is -2.13. The lowest BCUT2D eigenvalue weighted by atomic mass is 9.83. The molecule has 1 aliphatic heterocycles. The van der Waals surface area contributed by atoms with Crippen molar-refractivity contribution in [1.29, 1.82) is 0 Å². The van der Waals surface area contributed by atoms with Crippen LogP contribution < -0.4 is 10.4 Å². The maximum absolute atomic E-state index is 13.0. The van der Waals surface area contributed by atoms with Gasteiger partial charge in [0.2, 0.25) is 0 Å². The molecule has 1 saturated heterocycles. The molecule has 1 saturated carbocycles. The van der Waals surface area contributed by atoms with Gasteiger partial charge in [-0.05, 0) is 96.3 Å². The molecular weight excluding hydrogens is 452 g/mol. The van der Waals surface area contributed by atoms with Crippen molar-refractivity contribution in [2.75, 3.05) is 13.1 Å². The molecule has 1 aromatic heterocycles. The van der Waals surface area contributed by atoms with E-state index in [1.165, 1.54) is 0 Å². The number of aromatic amines is 2. The van der Waals surface area contributed by atoms with E-state index in [0.717, 1.165) is 42.3 Å². The first-order valence-electron chi connectivity index (χ1n) is 12.1. The molecule has 2 aliphatic rings. The number of hydrogen-bond acceptors (Lipinski definition) is 4. The van der Waals surface area contributed by atoms with Crippen LogP contribution in [0.4, 0.5) is 4.79 Å². The highest BCUT2D eigenvalue weighted by molar-refractivity contribution is 7.84. The number of carbonyl (C=O) groups is 1. The number of amides is 1. The van der Waals surface area contributed by atoms with Crippen molar-refractivity contribution >= 4 is 28.1 Å². The van der Waals surface area contributed by atoms with Crippen LogP contribution in [0.5, 0.6) is 0 Å². The van der Waals surface area contributed by atoms with E-state index in [1.807, 2.05) is 58.6 Å². The molecule has 1 amide bonds. The quantitative estimate of drug-likeness (QED) is 0.605. The molecule has 2 fully saturated rings. The molecule has 0 bridgehead atoms. The number of H-pyrrole nitrogens is 2. The smallest absolute Gasteiger partial charge is 0.410 e. The van der Waals surface area contributed by atoms with E-state index in [-0.39, 0.29) is 33.9 Å². The Balaban J connectivity index is 1.53. The Morgan fingerprint density at radius 3 is 2.56 bits per heavy atom. The van der Waals surface area contributed by atoms with Gasteiger partial charge < -0.3 is 19.6 Å². The third-order valence-electron chi connectivity index (χ3n) is 6.90. The molecule has 2 aromatic rings. The third-order valence-corrected chi connectivity index (χ3v) is 8.53. The Kier molecular flexibility index (Phi) is 6.48. The fourth-order valence-electron chi connectivity index (χ4n) is 5.34. The molecule has 4 unspecified atom stereocenters. The first kappa shape index (κ1) is 25.0. The molecule has 4 atom stereocenters. The molecule has 8 nitrogen and oxygen atoms in total. The number of rotatable bonds is 4. The van der Waals surface area contributed by atoms with Gasteiger partial charge in [0.15, 0.2) is 0 Å². The van der Waals surface area contributed by atoms with Gasteiger partial charge >= 0.3 is 11.8 Å². The van der Waals surface area contributed by atoms with E-state index in [0.29, 0.717) is 13.1 Å². The first-order valence-corrected chi connectivity index (χ1v) is 13.2. The van der Waals surface area contributed by atoms with Crippen LogP contribution in [0.15, 0.2) is 23.0 Å². The van der Waals surface area contributed by atoms with Crippen LogP contribution in [0.3, 0.4) is 0 Å². The highest BCUT2D eigenvalue weighted by atomic mass is 32.2. The van der Waals surface area contributed by atoms with Crippen LogP contribution in [0.1, 0.15) is 66.4 Å². The maximum Gasteiger partial charge on any atom is 0.410 e. The second-order valence-electron chi connectivity index (χ2n) is 12.1. The summed E-state index contributed by atoms with van der Waals surface area (Å²) in [5.41, 5.74) is 2.00. The Bertz CT molecular complexity index is 1140. The minimum atomic E-state index is -1.18. The van der Waals surface area contributed by atoms with Crippen molar-refractivity contribution in [2.24, 2.45) is 11.3 Å². The largest absolute Gasteiger partial charge is 0.444 e.